The summed E-state index contributed by atoms with van der Waals surface area (Å²) < 4.78 is 4.37. The predicted octanol–water partition coefficient (Wildman–Crippen LogP) is 1.49. The van der Waals surface area contributed by atoms with Gasteiger partial charge in [-0.15, -0.1) is 0 Å². The summed E-state index contributed by atoms with van der Waals surface area (Å²) in [6.45, 7) is 0. The molecule has 0 N–H and O–H groups in total. The van der Waals surface area contributed by atoms with Crippen molar-refractivity contribution in [2.45, 2.75) is 0 Å². The molecule has 0 spiro atoms. The zero-order valence-electron chi connectivity index (χ0n) is 6.90. The highest BCUT2D eigenvalue weighted by Crippen LogP contribution is 2.19. The van der Waals surface area contributed by atoms with E-state index in [4.69, 9.17) is 5.26 Å². The molecule has 0 aromatic heterocycles. The molecule has 4 nitrogen and oxygen atoms in total. The Bertz CT molecular complexity index is 379. The van der Waals surface area contributed by atoms with E-state index in [1.807, 2.05) is 6.07 Å². The van der Waals surface area contributed by atoms with Gasteiger partial charge in [0.25, 0.3) is 0 Å². The van der Waals surface area contributed by atoms with E-state index in [0.717, 1.165) is 0 Å². The molecule has 0 heterocycles. The minimum atomic E-state index is -0.720. The minimum absolute atomic E-state index is 0.110. The van der Waals surface area contributed by atoms with E-state index >= 15 is 0 Å². The lowest BCUT2D eigenvalue weighted by Gasteiger charge is -1.99. The summed E-state index contributed by atoms with van der Waals surface area (Å²) in [6, 6.07) is 5.57. The summed E-state index contributed by atoms with van der Waals surface area (Å²) in [5, 5.41) is 19.6. The molecule has 0 saturated carbocycles. The van der Waals surface area contributed by atoms with E-state index in [2.05, 4.69) is 4.74 Å². The molecule has 0 atom stereocenters. The van der Waals surface area contributed by atoms with E-state index in [1.165, 1.54) is 25.3 Å². The van der Waals surface area contributed by atoms with Crippen molar-refractivity contribution in [3.63, 3.8) is 0 Å². The third-order valence-electron chi connectivity index (χ3n) is 1.51. The second kappa shape index (κ2) is 3.59. The SMILES string of the molecule is COC(=O)c1cc(C#N)ccc1[O]. The Labute approximate surface area is 75.0 Å². The first-order chi connectivity index (χ1) is 6.19. The quantitative estimate of drug-likeness (QED) is 0.608. The van der Waals surface area contributed by atoms with Gasteiger partial charge in [0.15, 0.2) is 5.75 Å². The number of carbonyl (C=O) groups is 1. The second-order valence-electron chi connectivity index (χ2n) is 2.31. The summed E-state index contributed by atoms with van der Waals surface area (Å²) in [5.74, 6) is -1.16. The second-order valence-corrected chi connectivity index (χ2v) is 2.31. The summed E-state index contributed by atoms with van der Waals surface area (Å²) >= 11 is 0. The van der Waals surface area contributed by atoms with Crippen LogP contribution in [0.15, 0.2) is 18.2 Å². The first kappa shape index (κ1) is 9.07. The Morgan fingerprint density at radius 2 is 2.23 bits per heavy atom. The van der Waals surface area contributed by atoms with Gasteiger partial charge < -0.3 is 4.74 Å². The molecule has 1 aromatic carbocycles. The first-order valence-electron chi connectivity index (χ1n) is 3.48. The molecule has 65 valence electrons. The number of benzene rings is 1. The van der Waals surface area contributed by atoms with Gasteiger partial charge in [0.2, 0.25) is 0 Å². The van der Waals surface area contributed by atoms with Gasteiger partial charge in [-0.05, 0) is 18.2 Å². The van der Waals surface area contributed by atoms with E-state index in [-0.39, 0.29) is 11.1 Å². The van der Waals surface area contributed by atoms with Crippen LogP contribution in [0.1, 0.15) is 15.9 Å². The van der Waals surface area contributed by atoms with Gasteiger partial charge in [-0.25, -0.2) is 4.79 Å². The molecule has 0 fully saturated rings. The molecule has 0 amide bonds. The van der Waals surface area contributed by atoms with Crippen LogP contribution in [0.5, 0.6) is 5.75 Å². The number of carbonyl (C=O) groups excluding carboxylic acids is 1. The van der Waals surface area contributed by atoms with E-state index < -0.39 is 11.7 Å². The smallest absolute Gasteiger partial charge is 0.341 e. The van der Waals surface area contributed by atoms with E-state index in [0.29, 0.717) is 0 Å². The van der Waals surface area contributed by atoms with Gasteiger partial charge in [0.05, 0.1) is 18.7 Å². The van der Waals surface area contributed by atoms with Crippen molar-refractivity contribution in [2.75, 3.05) is 7.11 Å². The molecule has 0 saturated heterocycles. The Hall–Kier alpha value is -2.02. The number of nitrogens with zero attached hydrogens (tertiary/aromatic N) is 1. The maximum atomic E-state index is 11.1. The topological polar surface area (TPSA) is 70.0 Å². The Kier molecular flexibility index (Phi) is 2.50. The van der Waals surface area contributed by atoms with Crippen LogP contribution in [-0.2, 0) is 9.84 Å². The van der Waals surface area contributed by atoms with Crippen molar-refractivity contribution in [1.29, 1.82) is 5.26 Å². The van der Waals surface area contributed by atoms with Crippen LogP contribution in [0.3, 0.4) is 0 Å². The zero-order valence-corrected chi connectivity index (χ0v) is 6.90. The van der Waals surface area contributed by atoms with Gasteiger partial charge in [-0.3, -0.25) is 5.11 Å². The summed E-state index contributed by atoms with van der Waals surface area (Å²) in [5.41, 5.74) is 0.154. The highest BCUT2D eigenvalue weighted by Gasteiger charge is 2.13. The lowest BCUT2D eigenvalue weighted by molar-refractivity contribution is 0.0595. The van der Waals surface area contributed by atoms with Crippen molar-refractivity contribution in [1.82, 2.24) is 0 Å². The molecule has 0 aliphatic heterocycles. The van der Waals surface area contributed by atoms with E-state index in [1.54, 1.807) is 0 Å². The molecule has 13 heavy (non-hydrogen) atoms. The molecular formula is C9H6NO3. The van der Waals surface area contributed by atoms with Crippen LogP contribution < -0.4 is 0 Å². The lowest BCUT2D eigenvalue weighted by Crippen LogP contribution is -2.01. The Balaban J connectivity index is 3.20. The van der Waals surface area contributed by atoms with Crippen LogP contribution in [-0.4, -0.2) is 13.1 Å². The number of hydrogen-bond acceptors (Lipinski definition) is 3. The highest BCUT2D eigenvalue weighted by atomic mass is 16.5. The average molecular weight is 176 g/mol. The maximum Gasteiger partial charge on any atom is 0.341 e. The average Bonchev–Trinajstić information content (AvgIpc) is 2.17. The molecule has 0 aliphatic rings. The number of esters is 1. The van der Waals surface area contributed by atoms with Crippen LogP contribution in [0.25, 0.3) is 0 Å². The fourth-order valence-electron chi connectivity index (χ4n) is 0.869. The molecule has 1 aromatic rings. The fourth-order valence-corrected chi connectivity index (χ4v) is 0.869. The van der Waals surface area contributed by atoms with Crippen molar-refractivity contribution in [2.24, 2.45) is 0 Å². The predicted molar refractivity (Wildman–Crippen MR) is 42.6 cm³/mol. The van der Waals surface area contributed by atoms with Gasteiger partial charge in [-0.1, -0.05) is 0 Å². The molecule has 1 radical (unpaired) electrons. The normalized spacial score (nSPS) is 8.92. The number of nitriles is 1. The zero-order chi connectivity index (χ0) is 9.84. The number of methoxy groups -OCH3 is 1. The summed E-state index contributed by atoms with van der Waals surface area (Å²) in [7, 11) is 1.18. The van der Waals surface area contributed by atoms with Crippen molar-refractivity contribution >= 4 is 5.97 Å². The number of ether oxygens (including phenoxy) is 1. The summed E-state index contributed by atoms with van der Waals surface area (Å²) in [6.07, 6.45) is 0. The van der Waals surface area contributed by atoms with Crippen LogP contribution in [0, 0.1) is 11.3 Å². The van der Waals surface area contributed by atoms with Crippen molar-refractivity contribution in [3.05, 3.63) is 29.3 Å². The van der Waals surface area contributed by atoms with Gasteiger partial charge >= 0.3 is 5.97 Å². The fraction of sp³-hybridized carbons (Fsp3) is 0.111. The molecule has 0 aliphatic carbocycles. The lowest BCUT2D eigenvalue weighted by atomic mass is 10.1. The maximum absolute atomic E-state index is 11.1. The van der Waals surface area contributed by atoms with E-state index in [9.17, 15) is 9.90 Å². The number of rotatable bonds is 1. The summed E-state index contributed by atoms with van der Waals surface area (Å²) in [4.78, 5) is 11.0. The molecule has 0 unspecified atom stereocenters. The van der Waals surface area contributed by atoms with Crippen molar-refractivity contribution in [3.8, 4) is 11.8 Å². The highest BCUT2D eigenvalue weighted by molar-refractivity contribution is 5.92. The Morgan fingerprint density at radius 3 is 2.77 bits per heavy atom. The Morgan fingerprint density at radius 1 is 1.54 bits per heavy atom. The third kappa shape index (κ3) is 1.76. The third-order valence-corrected chi connectivity index (χ3v) is 1.51. The largest absolute Gasteiger partial charge is 0.465 e. The number of hydrogen-bond donors (Lipinski definition) is 0. The molecule has 4 heteroatoms. The first-order valence-corrected chi connectivity index (χ1v) is 3.48. The van der Waals surface area contributed by atoms with Gasteiger partial charge in [-0.2, -0.15) is 5.26 Å². The van der Waals surface area contributed by atoms with Crippen LogP contribution in [0.2, 0.25) is 0 Å². The van der Waals surface area contributed by atoms with Crippen LogP contribution in [0.4, 0.5) is 0 Å². The van der Waals surface area contributed by atoms with Gasteiger partial charge in [0, 0.05) is 0 Å². The van der Waals surface area contributed by atoms with Gasteiger partial charge in [0.1, 0.15) is 5.56 Å². The van der Waals surface area contributed by atoms with Crippen molar-refractivity contribution < 1.29 is 14.6 Å². The molecule has 1 rings (SSSR count). The van der Waals surface area contributed by atoms with Crippen LogP contribution >= 0.6 is 0 Å². The standard InChI is InChI=1S/C9H6NO3/c1-13-9(12)7-4-6(5-10)2-3-8(7)11/h2-4H,1H3. The monoisotopic (exact) mass is 176 g/mol. The molecular weight excluding hydrogens is 170 g/mol. The molecule has 0 bridgehead atoms. The minimum Gasteiger partial charge on any atom is -0.465 e.